The maximum atomic E-state index is 5.50. The zero-order chi connectivity index (χ0) is 18.5. The van der Waals surface area contributed by atoms with Crippen LogP contribution in [0.3, 0.4) is 0 Å². The van der Waals surface area contributed by atoms with Gasteiger partial charge in [0, 0.05) is 11.8 Å². The molecule has 2 atom stereocenters. The van der Waals surface area contributed by atoms with Crippen molar-refractivity contribution in [2.45, 2.75) is 45.6 Å². The molecule has 5 heteroatoms. The Morgan fingerprint density at radius 1 is 1.00 bits per heavy atom. The number of fused-ring (bicyclic) bond motifs is 1. The number of thiocarbonyl (C=S) groups is 1. The van der Waals surface area contributed by atoms with E-state index in [9.17, 15) is 0 Å². The van der Waals surface area contributed by atoms with Crippen LogP contribution in [0.4, 0.5) is 5.69 Å². The van der Waals surface area contributed by atoms with Crippen molar-refractivity contribution in [3.63, 3.8) is 0 Å². The van der Waals surface area contributed by atoms with Crippen LogP contribution in [0, 0.1) is 0 Å². The van der Waals surface area contributed by atoms with Crippen LogP contribution in [0.5, 0.6) is 11.5 Å². The molecular formula is C21H26N2O2S. The number of benzene rings is 2. The maximum Gasteiger partial charge on any atom is 0.231 e. The van der Waals surface area contributed by atoms with Crippen LogP contribution < -0.4 is 20.1 Å². The molecule has 138 valence electrons. The van der Waals surface area contributed by atoms with Crippen molar-refractivity contribution < 1.29 is 9.47 Å². The van der Waals surface area contributed by atoms with Gasteiger partial charge >= 0.3 is 0 Å². The molecular weight excluding hydrogens is 344 g/mol. The third-order valence-corrected chi connectivity index (χ3v) is 5.08. The van der Waals surface area contributed by atoms with Gasteiger partial charge in [-0.05, 0) is 54.2 Å². The summed E-state index contributed by atoms with van der Waals surface area (Å²) in [5, 5.41) is 7.24. The van der Waals surface area contributed by atoms with E-state index in [-0.39, 0.29) is 12.8 Å². The van der Waals surface area contributed by atoms with Crippen molar-refractivity contribution in [2.24, 2.45) is 0 Å². The van der Waals surface area contributed by atoms with Crippen LogP contribution in [-0.4, -0.2) is 11.9 Å². The fourth-order valence-electron chi connectivity index (χ4n) is 3.01. The summed E-state index contributed by atoms with van der Waals surface area (Å²) in [5.41, 5.74) is 3.51. The number of rotatable bonds is 6. The summed E-state index contributed by atoms with van der Waals surface area (Å²) in [6.45, 7) is 6.90. The molecule has 0 unspecified atom stereocenters. The van der Waals surface area contributed by atoms with Gasteiger partial charge in [-0.25, -0.2) is 0 Å². The highest BCUT2D eigenvalue weighted by Gasteiger charge is 2.15. The number of hydrogen-bond donors (Lipinski definition) is 2. The molecule has 0 aliphatic carbocycles. The summed E-state index contributed by atoms with van der Waals surface area (Å²) in [4.78, 5) is 0. The second-order valence-electron chi connectivity index (χ2n) is 6.60. The molecule has 4 nitrogen and oxygen atoms in total. The van der Waals surface area contributed by atoms with Gasteiger partial charge in [0.2, 0.25) is 6.79 Å². The Kier molecular flexibility index (Phi) is 5.99. The molecule has 2 N–H and O–H groups in total. The Hall–Kier alpha value is -2.27. The average molecular weight is 371 g/mol. The lowest BCUT2D eigenvalue weighted by Crippen LogP contribution is -2.32. The lowest BCUT2D eigenvalue weighted by Gasteiger charge is -2.21. The first-order chi connectivity index (χ1) is 12.6. The van der Waals surface area contributed by atoms with Gasteiger partial charge in [0.15, 0.2) is 16.6 Å². The number of ether oxygens (including phenoxy) is 2. The first-order valence-corrected chi connectivity index (χ1v) is 9.58. The van der Waals surface area contributed by atoms with Gasteiger partial charge in [0.1, 0.15) is 0 Å². The van der Waals surface area contributed by atoms with E-state index in [1.807, 2.05) is 18.2 Å². The highest BCUT2D eigenvalue weighted by atomic mass is 32.1. The smallest absolute Gasteiger partial charge is 0.231 e. The van der Waals surface area contributed by atoms with Crippen molar-refractivity contribution in [2.75, 3.05) is 12.1 Å². The van der Waals surface area contributed by atoms with Crippen LogP contribution in [0.1, 0.15) is 56.7 Å². The topological polar surface area (TPSA) is 42.5 Å². The molecule has 3 rings (SSSR count). The molecule has 0 amide bonds. The van der Waals surface area contributed by atoms with Crippen LogP contribution in [-0.2, 0) is 0 Å². The maximum absolute atomic E-state index is 5.50. The minimum atomic E-state index is 0.176. The first kappa shape index (κ1) is 18.5. The SMILES string of the molecule is CC[C@@H](C)c1ccc([C@H](CC)NC(=S)Nc2ccc3c(c2)OCO3)cc1. The van der Waals surface area contributed by atoms with Gasteiger partial charge in [0.05, 0.1) is 6.04 Å². The molecule has 2 aromatic carbocycles. The molecule has 0 spiro atoms. The Morgan fingerprint density at radius 2 is 1.69 bits per heavy atom. The second kappa shape index (κ2) is 8.41. The molecule has 0 saturated heterocycles. The molecule has 1 aliphatic rings. The van der Waals surface area contributed by atoms with E-state index >= 15 is 0 Å². The molecule has 2 aromatic rings. The molecule has 26 heavy (non-hydrogen) atoms. The van der Waals surface area contributed by atoms with Gasteiger partial charge in [-0.3, -0.25) is 0 Å². The van der Waals surface area contributed by atoms with Gasteiger partial charge < -0.3 is 20.1 Å². The number of hydrogen-bond acceptors (Lipinski definition) is 3. The van der Waals surface area contributed by atoms with Crippen molar-refractivity contribution >= 4 is 23.0 Å². The van der Waals surface area contributed by atoms with Gasteiger partial charge in [0.25, 0.3) is 0 Å². The fraction of sp³-hybridized carbons (Fsp3) is 0.381. The van der Waals surface area contributed by atoms with E-state index in [0.29, 0.717) is 11.0 Å². The summed E-state index contributed by atoms with van der Waals surface area (Å²) in [5.74, 6) is 2.10. The van der Waals surface area contributed by atoms with Crippen molar-refractivity contribution in [3.8, 4) is 11.5 Å². The van der Waals surface area contributed by atoms with Crippen LogP contribution in [0.15, 0.2) is 42.5 Å². The first-order valence-electron chi connectivity index (χ1n) is 9.17. The second-order valence-corrected chi connectivity index (χ2v) is 7.01. The van der Waals surface area contributed by atoms with Gasteiger partial charge in [-0.15, -0.1) is 0 Å². The summed E-state index contributed by atoms with van der Waals surface area (Å²) < 4.78 is 10.7. The Morgan fingerprint density at radius 3 is 2.38 bits per heavy atom. The number of nitrogens with one attached hydrogen (secondary N) is 2. The fourth-order valence-corrected chi connectivity index (χ4v) is 3.27. The molecule has 1 heterocycles. The van der Waals surface area contributed by atoms with Crippen LogP contribution in [0.25, 0.3) is 0 Å². The largest absolute Gasteiger partial charge is 0.454 e. The van der Waals surface area contributed by atoms with E-state index in [1.165, 1.54) is 11.1 Å². The summed E-state index contributed by atoms with van der Waals surface area (Å²) in [6.07, 6.45) is 2.10. The predicted octanol–water partition coefficient (Wildman–Crippen LogP) is 5.37. The summed E-state index contributed by atoms with van der Waals surface area (Å²) in [6, 6.07) is 14.7. The minimum Gasteiger partial charge on any atom is -0.454 e. The minimum absolute atomic E-state index is 0.176. The van der Waals surface area contributed by atoms with E-state index in [2.05, 4.69) is 55.7 Å². The van der Waals surface area contributed by atoms with Crippen molar-refractivity contribution in [3.05, 3.63) is 53.6 Å². The Balaban J connectivity index is 1.63. The zero-order valence-electron chi connectivity index (χ0n) is 15.5. The lowest BCUT2D eigenvalue weighted by molar-refractivity contribution is 0.174. The molecule has 0 bridgehead atoms. The highest BCUT2D eigenvalue weighted by molar-refractivity contribution is 7.80. The normalized spacial score (nSPS) is 14.6. The van der Waals surface area contributed by atoms with E-state index in [0.717, 1.165) is 30.0 Å². The quantitative estimate of drug-likeness (QED) is 0.670. The summed E-state index contributed by atoms with van der Waals surface area (Å²) in [7, 11) is 0. The molecule has 0 aromatic heterocycles. The lowest BCUT2D eigenvalue weighted by atomic mass is 9.95. The standard InChI is InChI=1S/C21H26N2O2S/c1-4-14(3)15-6-8-16(9-7-15)18(5-2)23-21(26)22-17-10-11-19-20(12-17)25-13-24-19/h6-12,14,18H,4-5,13H2,1-3H3,(H2,22,23,26)/t14-,18+/m1/s1. The van der Waals surface area contributed by atoms with Crippen molar-refractivity contribution in [1.29, 1.82) is 0 Å². The Bertz CT molecular complexity index is 761. The molecule has 0 radical (unpaired) electrons. The molecule has 1 aliphatic heterocycles. The van der Waals surface area contributed by atoms with E-state index < -0.39 is 0 Å². The van der Waals surface area contributed by atoms with Gasteiger partial charge in [-0.1, -0.05) is 45.0 Å². The monoisotopic (exact) mass is 370 g/mol. The third-order valence-electron chi connectivity index (χ3n) is 4.86. The molecule has 0 saturated carbocycles. The van der Waals surface area contributed by atoms with E-state index in [1.54, 1.807) is 0 Å². The average Bonchev–Trinajstić information content (AvgIpc) is 3.13. The van der Waals surface area contributed by atoms with Gasteiger partial charge in [-0.2, -0.15) is 0 Å². The predicted molar refractivity (Wildman–Crippen MR) is 110 cm³/mol. The number of anilines is 1. The van der Waals surface area contributed by atoms with Crippen LogP contribution in [0.2, 0.25) is 0 Å². The summed E-state index contributed by atoms with van der Waals surface area (Å²) >= 11 is 5.50. The molecule has 0 fully saturated rings. The van der Waals surface area contributed by atoms with Crippen molar-refractivity contribution in [1.82, 2.24) is 5.32 Å². The third kappa shape index (κ3) is 4.28. The highest BCUT2D eigenvalue weighted by Crippen LogP contribution is 2.34. The zero-order valence-corrected chi connectivity index (χ0v) is 16.4. The Labute approximate surface area is 160 Å². The van der Waals surface area contributed by atoms with E-state index in [4.69, 9.17) is 21.7 Å². The van der Waals surface area contributed by atoms with Crippen LogP contribution >= 0.6 is 12.2 Å².